The van der Waals surface area contributed by atoms with Gasteiger partial charge in [0.1, 0.15) is 0 Å². The average molecular weight is 257 g/mol. The van der Waals surface area contributed by atoms with Crippen LogP contribution < -0.4 is 11.1 Å². The first-order valence-corrected chi connectivity index (χ1v) is 5.88. The monoisotopic (exact) mass is 257 g/mol. The summed E-state index contributed by atoms with van der Waals surface area (Å²) in [5.74, 6) is -1.04. The van der Waals surface area contributed by atoms with Crippen LogP contribution in [0.25, 0.3) is 0 Å². The molecule has 5 heteroatoms. The molecular weight excluding hydrogens is 242 g/mol. The minimum atomic E-state index is -1.04. The van der Waals surface area contributed by atoms with Crippen molar-refractivity contribution in [2.45, 2.75) is 13.0 Å². The van der Waals surface area contributed by atoms with Gasteiger partial charge in [-0.2, -0.15) is 0 Å². The Kier molecular flexibility index (Phi) is 3.66. The summed E-state index contributed by atoms with van der Waals surface area (Å²) in [6.07, 6.45) is 1.72. The second-order valence-corrected chi connectivity index (χ2v) is 4.23. The number of nitrogen functional groups attached to an aromatic ring is 1. The van der Waals surface area contributed by atoms with Crippen molar-refractivity contribution in [1.82, 2.24) is 4.98 Å². The first-order chi connectivity index (χ1) is 9.08. The van der Waals surface area contributed by atoms with Gasteiger partial charge >= 0.3 is 5.97 Å². The van der Waals surface area contributed by atoms with Crippen LogP contribution in [0.2, 0.25) is 0 Å². The number of benzene rings is 1. The average Bonchev–Trinajstić information content (AvgIpc) is 2.41. The zero-order chi connectivity index (χ0) is 13.8. The standard InChI is InChI=1S/C14H15N3O2/c1-9(13-4-2-3-7-16-13)17-10-5-6-12(15)11(8-10)14(18)19/h2-9,17H,15H2,1H3,(H,18,19). The Morgan fingerprint density at radius 3 is 2.79 bits per heavy atom. The number of nitrogens with one attached hydrogen (secondary N) is 1. The van der Waals surface area contributed by atoms with Gasteiger partial charge < -0.3 is 16.2 Å². The summed E-state index contributed by atoms with van der Waals surface area (Å²) >= 11 is 0. The van der Waals surface area contributed by atoms with Crippen LogP contribution >= 0.6 is 0 Å². The molecule has 5 nitrogen and oxygen atoms in total. The largest absolute Gasteiger partial charge is 0.478 e. The second kappa shape index (κ2) is 5.39. The van der Waals surface area contributed by atoms with E-state index in [2.05, 4.69) is 10.3 Å². The topological polar surface area (TPSA) is 88.2 Å². The van der Waals surface area contributed by atoms with Crippen LogP contribution in [-0.2, 0) is 0 Å². The number of carbonyl (C=O) groups is 1. The minimum absolute atomic E-state index is 0.0218. The number of nitrogens with zero attached hydrogens (tertiary/aromatic N) is 1. The number of anilines is 2. The van der Waals surface area contributed by atoms with Crippen LogP contribution in [0.1, 0.15) is 29.0 Å². The number of aromatic nitrogens is 1. The molecule has 1 aromatic carbocycles. The first kappa shape index (κ1) is 12.9. The van der Waals surface area contributed by atoms with Crippen LogP contribution in [0.3, 0.4) is 0 Å². The molecule has 19 heavy (non-hydrogen) atoms. The maximum Gasteiger partial charge on any atom is 0.337 e. The Labute approximate surface area is 111 Å². The molecule has 2 aromatic rings. The summed E-state index contributed by atoms with van der Waals surface area (Å²) in [6.45, 7) is 1.96. The second-order valence-electron chi connectivity index (χ2n) is 4.23. The minimum Gasteiger partial charge on any atom is -0.478 e. The van der Waals surface area contributed by atoms with E-state index in [1.165, 1.54) is 6.07 Å². The molecule has 0 radical (unpaired) electrons. The highest BCUT2D eigenvalue weighted by atomic mass is 16.4. The molecule has 0 amide bonds. The normalized spacial score (nSPS) is 11.8. The summed E-state index contributed by atoms with van der Waals surface area (Å²) in [4.78, 5) is 15.3. The van der Waals surface area contributed by atoms with Crippen LogP contribution in [0.4, 0.5) is 11.4 Å². The summed E-state index contributed by atoms with van der Waals surface area (Å²) in [5, 5.41) is 12.2. The fourth-order valence-electron chi connectivity index (χ4n) is 1.79. The Bertz CT molecular complexity index is 584. The van der Waals surface area contributed by atoms with Gasteiger partial charge in [-0.15, -0.1) is 0 Å². The highest BCUT2D eigenvalue weighted by Gasteiger charge is 2.11. The van der Waals surface area contributed by atoms with Gasteiger partial charge in [-0.3, -0.25) is 4.98 Å². The summed E-state index contributed by atoms with van der Waals surface area (Å²) < 4.78 is 0. The zero-order valence-electron chi connectivity index (χ0n) is 10.5. The van der Waals surface area contributed by atoms with Crippen molar-refractivity contribution >= 4 is 17.3 Å². The third-order valence-electron chi connectivity index (χ3n) is 2.80. The van der Waals surface area contributed by atoms with Gasteiger partial charge in [0.25, 0.3) is 0 Å². The Morgan fingerprint density at radius 1 is 1.37 bits per heavy atom. The van der Waals surface area contributed by atoms with Gasteiger partial charge in [0.05, 0.1) is 17.3 Å². The number of aromatic carboxylic acids is 1. The number of rotatable bonds is 4. The van der Waals surface area contributed by atoms with Crippen LogP contribution in [0.15, 0.2) is 42.6 Å². The predicted molar refractivity (Wildman–Crippen MR) is 74.1 cm³/mol. The molecule has 2 rings (SSSR count). The molecule has 1 atom stereocenters. The highest BCUT2D eigenvalue weighted by molar-refractivity contribution is 5.94. The third kappa shape index (κ3) is 3.01. The number of carboxylic acids is 1. The fourth-order valence-corrected chi connectivity index (χ4v) is 1.79. The van der Waals surface area contributed by atoms with E-state index in [-0.39, 0.29) is 17.3 Å². The number of hydrogen-bond donors (Lipinski definition) is 3. The van der Waals surface area contributed by atoms with Crippen LogP contribution in [0, 0.1) is 0 Å². The van der Waals surface area contributed by atoms with E-state index < -0.39 is 5.97 Å². The van der Waals surface area contributed by atoms with Crippen molar-refractivity contribution < 1.29 is 9.90 Å². The third-order valence-corrected chi connectivity index (χ3v) is 2.80. The molecule has 0 saturated carbocycles. The predicted octanol–water partition coefficient (Wildman–Crippen LogP) is 2.54. The van der Waals surface area contributed by atoms with Gasteiger partial charge in [0.15, 0.2) is 0 Å². The molecule has 0 aliphatic rings. The molecule has 0 fully saturated rings. The van der Waals surface area contributed by atoms with Gasteiger partial charge in [0, 0.05) is 17.6 Å². The van der Waals surface area contributed by atoms with Gasteiger partial charge in [-0.1, -0.05) is 6.07 Å². The highest BCUT2D eigenvalue weighted by Crippen LogP contribution is 2.22. The SMILES string of the molecule is CC(Nc1ccc(N)c(C(=O)O)c1)c1ccccn1. The zero-order valence-corrected chi connectivity index (χ0v) is 10.5. The van der Waals surface area contributed by atoms with Gasteiger partial charge in [-0.25, -0.2) is 4.79 Å². The smallest absolute Gasteiger partial charge is 0.337 e. The van der Waals surface area contributed by atoms with E-state index in [9.17, 15) is 4.79 Å². The molecule has 4 N–H and O–H groups in total. The lowest BCUT2D eigenvalue weighted by Gasteiger charge is -2.15. The van der Waals surface area contributed by atoms with Crippen LogP contribution in [-0.4, -0.2) is 16.1 Å². The van der Waals surface area contributed by atoms with E-state index in [4.69, 9.17) is 10.8 Å². The lowest BCUT2D eigenvalue weighted by atomic mass is 10.1. The quantitative estimate of drug-likeness (QED) is 0.732. The molecule has 1 aromatic heterocycles. The summed E-state index contributed by atoms with van der Waals surface area (Å²) in [5.41, 5.74) is 7.54. The Hall–Kier alpha value is -2.56. The molecule has 1 unspecified atom stereocenters. The molecule has 0 aliphatic heterocycles. The molecule has 1 heterocycles. The van der Waals surface area contributed by atoms with Gasteiger partial charge in [-0.05, 0) is 37.3 Å². The first-order valence-electron chi connectivity index (χ1n) is 5.88. The Balaban J connectivity index is 2.20. The number of carboxylic acid groups (broad SMARTS) is 1. The van der Waals surface area contributed by atoms with E-state index >= 15 is 0 Å². The molecule has 0 saturated heterocycles. The lowest BCUT2D eigenvalue weighted by molar-refractivity contribution is 0.0698. The van der Waals surface area contributed by atoms with E-state index in [1.807, 2.05) is 25.1 Å². The molecule has 0 bridgehead atoms. The van der Waals surface area contributed by atoms with Crippen LogP contribution in [0.5, 0.6) is 0 Å². The maximum atomic E-state index is 11.0. The van der Waals surface area contributed by atoms with Crippen molar-refractivity contribution in [3.8, 4) is 0 Å². The van der Waals surface area contributed by atoms with E-state index in [0.29, 0.717) is 5.69 Å². The summed E-state index contributed by atoms with van der Waals surface area (Å²) in [7, 11) is 0. The fraction of sp³-hybridized carbons (Fsp3) is 0.143. The molecular formula is C14H15N3O2. The molecule has 98 valence electrons. The van der Waals surface area contributed by atoms with Gasteiger partial charge in [0.2, 0.25) is 0 Å². The van der Waals surface area contributed by atoms with Crippen molar-refractivity contribution in [1.29, 1.82) is 0 Å². The van der Waals surface area contributed by atoms with Crippen molar-refractivity contribution in [2.24, 2.45) is 0 Å². The van der Waals surface area contributed by atoms with E-state index in [1.54, 1.807) is 18.3 Å². The Morgan fingerprint density at radius 2 is 2.16 bits per heavy atom. The summed E-state index contributed by atoms with van der Waals surface area (Å²) in [6, 6.07) is 10.5. The lowest BCUT2D eigenvalue weighted by Crippen LogP contribution is -2.10. The van der Waals surface area contributed by atoms with E-state index in [0.717, 1.165) is 5.69 Å². The molecule has 0 spiro atoms. The number of hydrogen-bond acceptors (Lipinski definition) is 4. The molecule has 0 aliphatic carbocycles. The number of nitrogens with two attached hydrogens (primary N) is 1. The van der Waals surface area contributed by atoms with Crippen molar-refractivity contribution in [3.63, 3.8) is 0 Å². The van der Waals surface area contributed by atoms with Crippen molar-refractivity contribution in [2.75, 3.05) is 11.1 Å². The maximum absolute atomic E-state index is 11.0. The number of pyridine rings is 1. The van der Waals surface area contributed by atoms with Crippen molar-refractivity contribution in [3.05, 3.63) is 53.9 Å².